The number of benzene rings is 1. The number of nitrogens with two attached hydrogens (primary N) is 1. The van der Waals surface area contributed by atoms with Crippen molar-refractivity contribution in [2.24, 2.45) is 5.73 Å². The number of carbonyl (C=O) groups excluding carboxylic acids is 1. The molecule has 0 bridgehead atoms. The molecule has 7 heteroatoms. The Morgan fingerprint density at radius 3 is 2.64 bits per heavy atom. The Kier molecular flexibility index (Phi) is 6.56. The molecular formula is C18H25ClN4O2. The summed E-state index contributed by atoms with van der Waals surface area (Å²) in [6.45, 7) is 1.84. The van der Waals surface area contributed by atoms with E-state index in [2.05, 4.69) is 15.5 Å². The van der Waals surface area contributed by atoms with Crippen LogP contribution in [-0.2, 0) is 11.2 Å². The Hall–Kier alpha value is -1.92. The number of hydrogen-bond acceptors (Lipinski definition) is 5. The largest absolute Gasteiger partial charge is 0.343 e. The maximum Gasteiger partial charge on any atom is 0.248 e. The fourth-order valence-corrected chi connectivity index (χ4v) is 3.11. The first-order chi connectivity index (χ1) is 11.6. The van der Waals surface area contributed by atoms with Crippen LogP contribution in [0.5, 0.6) is 0 Å². The standard InChI is InChI=1S/C18H24N4O2.ClH/c1-13(20-17(23)18(19)10-6-3-7-11-18)16-21-15(22-24-16)12-14-8-4-2-5-9-14;/h2,4-5,8-9,13H,3,6-7,10-12,19H2,1H3,(H,20,23);1H. The minimum atomic E-state index is -0.764. The molecular weight excluding hydrogens is 340 g/mol. The molecule has 3 rings (SSSR count). The first kappa shape index (κ1) is 19.4. The van der Waals surface area contributed by atoms with E-state index in [-0.39, 0.29) is 24.4 Å². The third-order valence-electron chi connectivity index (χ3n) is 4.60. The Bertz CT molecular complexity index is 683. The van der Waals surface area contributed by atoms with Gasteiger partial charge in [-0.3, -0.25) is 4.79 Å². The monoisotopic (exact) mass is 364 g/mol. The highest BCUT2D eigenvalue weighted by Crippen LogP contribution is 2.26. The summed E-state index contributed by atoms with van der Waals surface area (Å²) in [5.41, 5.74) is 6.61. The summed E-state index contributed by atoms with van der Waals surface area (Å²) in [7, 11) is 0. The molecule has 25 heavy (non-hydrogen) atoms. The van der Waals surface area contributed by atoms with Gasteiger partial charge in [-0.2, -0.15) is 4.98 Å². The fourth-order valence-electron chi connectivity index (χ4n) is 3.11. The zero-order valence-electron chi connectivity index (χ0n) is 14.4. The molecule has 1 aliphatic rings. The van der Waals surface area contributed by atoms with Crippen LogP contribution in [0.3, 0.4) is 0 Å². The lowest BCUT2D eigenvalue weighted by Crippen LogP contribution is -2.55. The summed E-state index contributed by atoms with van der Waals surface area (Å²) in [6, 6.07) is 9.60. The van der Waals surface area contributed by atoms with E-state index in [1.54, 1.807) is 0 Å². The molecule has 1 unspecified atom stereocenters. The van der Waals surface area contributed by atoms with Crippen LogP contribution in [-0.4, -0.2) is 21.6 Å². The van der Waals surface area contributed by atoms with Crippen molar-refractivity contribution in [3.8, 4) is 0 Å². The van der Waals surface area contributed by atoms with Gasteiger partial charge in [0, 0.05) is 6.42 Å². The molecule has 2 aromatic rings. The smallest absolute Gasteiger partial charge is 0.248 e. The number of carbonyl (C=O) groups is 1. The van der Waals surface area contributed by atoms with Crippen LogP contribution >= 0.6 is 12.4 Å². The molecule has 0 radical (unpaired) electrons. The van der Waals surface area contributed by atoms with Gasteiger partial charge in [0.05, 0.1) is 5.54 Å². The van der Waals surface area contributed by atoms with Gasteiger partial charge in [-0.1, -0.05) is 54.8 Å². The topological polar surface area (TPSA) is 94.0 Å². The molecule has 0 saturated heterocycles. The van der Waals surface area contributed by atoms with E-state index in [1.165, 1.54) is 0 Å². The number of hydrogen-bond donors (Lipinski definition) is 2. The highest BCUT2D eigenvalue weighted by atomic mass is 35.5. The molecule has 1 saturated carbocycles. The molecule has 1 aliphatic carbocycles. The lowest BCUT2D eigenvalue weighted by Gasteiger charge is -2.32. The van der Waals surface area contributed by atoms with Gasteiger partial charge in [-0.15, -0.1) is 12.4 Å². The number of nitrogens with zero attached hydrogens (tertiary/aromatic N) is 2. The Morgan fingerprint density at radius 2 is 1.96 bits per heavy atom. The number of halogens is 1. The van der Waals surface area contributed by atoms with E-state index in [4.69, 9.17) is 10.3 Å². The van der Waals surface area contributed by atoms with E-state index in [9.17, 15) is 4.79 Å². The van der Waals surface area contributed by atoms with Crippen molar-refractivity contribution in [1.29, 1.82) is 0 Å². The predicted octanol–water partition coefficient (Wildman–Crippen LogP) is 2.92. The van der Waals surface area contributed by atoms with Crippen molar-refractivity contribution >= 4 is 18.3 Å². The molecule has 1 heterocycles. The van der Waals surface area contributed by atoms with Crippen molar-refractivity contribution < 1.29 is 9.32 Å². The minimum Gasteiger partial charge on any atom is -0.343 e. The van der Waals surface area contributed by atoms with Crippen LogP contribution in [0.15, 0.2) is 34.9 Å². The summed E-state index contributed by atoms with van der Waals surface area (Å²) in [5, 5.41) is 6.92. The SMILES string of the molecule is CC(NC(=O)C1(N)CCCCC1)c1nc(Cc2ccccc2)no1.Cl. The van der Waals surface area contributed by atoms with Crippen LogP contribution in [0, 0.1) is 0 Å². The van der Waals surface area contributed by atoms with Crippen molar-refractivity contribution in [3.05, 3.63) is 47.6 Å². The second-order valence-electron chi connectivity index (χ2n) is 6.62. The Morgan fingerprint density at radius 1 is 1.28 bits per heavy atom. The van der Waals surface area contributed by atoms with Gasteiger partial charge in [-0.05, 0) is 25.3 Å². The number of rotatable bonds is 5. The molecule has 3 N–H and O–H groups in total. The van der Waals surface area contributed by atoms with E-state index in [0.717, 1.165) is 37.7 Å². The van der Waals surface area contributed by atoms with Crippen molar-refractivity contribution in [2.75, 3.05) is 0 Å². The van der Waals surface area contributed by atoms with E-state index >= 15 is 0 Å². The molecule has 0 spiro atoms. The second kappa shape index (κ2) is 8.45. The highest BCUT2D eigenvalue weighted by molar-refractivity contribution is 5.86. The van der Waals surface area contributed by atoms with Crippen molar-refractivity contribution in [3.63, 3.8) is 0 Å². The molecule has 136 valence electrons. The third-order valence-corrected chi connectivity index (χ3v) is 4.60. The maximum absolute atomic E-state index is 12.5. The summed E-state index contributed by atoms with van der Waals surface area (Å²) in [5.74, 6) is 0.892. The van der Waals surface area contributed by atoms with Gasteiger partial charge in [0.2, 0.25) is 11.8 Å². The lowest BCUT2D eigenvalue weighted by molar-refractivity contribution is -0.128. The third kappa shape index (κ3) is 4.80. The molecule has 1 atom stereocenters. The van der Waals surface area contributed by atoms with Crippen LogP contribution in [0.1, 0.15) is 62.3 Å². The zero-order chi connectivity index (χ0) is 17.0. The van der Waals surface area contributed by atoms with E-state index in [1.807, 2.05) is 37.3 Å². The summed E-state index contributed by atoms with van der Waals surface area (Å²) in [6.07, 6.45) is 5.21. The normalized spacial score (nSPS) is 17.4. The number of aromatic nitrogens is 2. The van der Waals surface area contributed by atoms with Crippen LogP contribution in [0.25, 0.3) is 0 Å². The molecule has 1 aromatic heterocycles. The summed E-state index contributed by atoms with van der Waals surface area (Å²) < 4.78 is 5.30. The van der Waals surface area contributed by atoms with Crippen LogP contribution < -0.4 is 11.1 Å². The average Bonchev–Trinajstić information content (AvgIpc) is 3.05. The average molecular weight is 365 g/mol. The van der Waals surface area contributed by atoms with Crippen molar-refractivity contribution in [2.45, 2.75) is 57.0 Å². The second-order valence-corrected chi connectivity index (χ2v) is 6.62. The molecule has 0 aliphatic heterocycles. The first-order valence-corrected chi connectivity index (χ1v) is 8.53. The minimum absolute atomic E-state index is 0. The number of nitrogens with one attached hydrogen (secondary N) is 1. The molecule has 1 aromatic carbocycles. The highest BCUT2D eigenvalue weighted by Gasteiger charge is 2.36. The quantitative estimate of drug-likeness (QED) is 0.850. The van der Waals surface area contributed by atoms with Gasteiger partial charge in [0.1, 0.15) is 6.04 Å². The van der Waals surface area contributed by atoms with Crippen LogP contribution in [0.4, 0.5) is 0 Å². The van der Waals surface area contributed by atoms with Gasteiger partial charge in [0.15, 0.2) is 5.82 Å². The molecule has 6 nitrogen and oxygen atoms in total. The molecule has 1 fully saturated rings. The fraction of sp³-hybridized carbons (Fsp3) is 0.500. The number of amides is 1. The first-order valence-electron chi connectivity index (χ1n) is 8.53. The van der Waals surface area contributed by atoms with Gasteiger partial charge in [-0.25, -0.2) is 0 Å². The maximum atomic E-state index is 12.5. The molecule has 1 amide bonds. The Balaban J connectivity index is 0.00000225. The predicted molar refractivity (Wildman–Crippen MR) is 97.4 cm³/mol. The zero-order valence-corrected chi connectivity index (χ0v) is 15.2. The Labute approximate surface area is 154 Å². The van der Waals surface area contributed by atoms with E-state index < -0.39 is 5.54 Å². The van der Waals surface area contributed by atoms with Gasteiger partial charge in [0.25, 0.3) is 0 Å². The summed E-state index contributed by atoms with van der Waals surface area (Å²) >= 11 is 0. The van der Waals surface area contributed by atoms with Crippen LogP contribution in [0.2, 0.25) is 0 Å². The van der Waals surface area contributed by atoms with Crippen molar-refractivity contribution in [1.82, 2.24) is 15.5 Å². The van der Waals surface area contributed by atoms with Gasteiger partial charge >= 0.3 is 0 Å². The van der Waals surface area contributed by atoms with Gasteiger partial charge < -0.3 is 15.6 Å². The van der Waals surface area contributed by atoms with E-state index in [0.29, 0.717) is 18.1 Å². The summed E-state index contributed by atoms with van der Waals surface area (Å²) in [4.78, 5) is 16.9. The lowest BCUT2D eigenvalue weighted by atomic mass is 9.82.